The number of carbonyl (C=O) groups is 1. The standard InChI is InChI=1S/C22H26F3N9O2/c1-12-16-18(32(2)17(19(35)29-16)21(36-4)5-6-21)30-20(28-12)26-8-13-9-27-34(10-13)11-14-7-15(22(23,24)25)31-33(14)3/h7,9-10,17H,5-6,8,11H2,1-4H3,(H,29,35)(H,26,28,30)/t17-/m1/s1. The van der Waals surface area contributed by atoms with Crippen LogP contribution in [0.2, 0.25) is 0 Å². The van der Waals surface area contributed by atoms with Crippen molar-refractivity contribution in [1.82, 2.24) is 29.5 Å². The van der Waals surface area contributed by atoms with Gasteiger partial charge in [-0.2, -0.15) is 28.4 Å². The number of aryl methyl sites for hydroxylation is 2. The lowest BCUT2D eigenvalue weighted by atomic mass is 10.0. The van der Waals surface area contributed by atoms with E-state index in [1.807, 2.05) is 11.9 Å². The van der Waals surface area contributed by atoms with Crippen molar-refractivity contribution in [2.24, 2.45) is 7.05 Å². The Morgan fingerprint density at radius 2 is 2.03 bits per heavy atom. The molecule has 3 aromatic rings. The molecule has 2 N–H and O–H groups in total. The molecule has 0 spiro atoms. The Hall–Kier alpha value is -3.68. The monoisotopic (exact) mass is 505 g/mol. The van der Waals surface area contributed by atoms with Crippen molar-refractivity contribution in [2.75, 3.05) is 29.7 Å². The van der Waals surface area contributed by atoms with Gasteiger partial charge in [0.05, 0.1) is 29.7 Å². The third-order valence-corrected chi connectivity index (χ3v) is 6.66. The summed E-state index contributed by atoms with van der Waals surface area (Å²) in [5.74, 6) is 0.842. The molecule has 1 atom stereocenters. The van der Waals surface area contributed by atoms with Gasteiger partial charge in [-0.3, -0.25) is 14.2 Å². The lowest BCUT2D eigenvalue weighted by molar-refractivity contribution is -0.141. The third kappa shape index (κ3) is 4.25. The number of halogens is 3. The number of nitrogens with one attached hydrogen (secondary N) is 2. The Morgan fingerprint density at radius 1 is 1.28 bits per heavy atom. The number of hydrogen-bond acceptors (Lipinski definition) is 8. The Labute approximate surface area is 204 Å². The van der Waals surface area contributed by atoms with Crippen LogP contribution in [0.1, 0.15) is 35.5 Å². The van der Waals surface area contributed by atoms with Crippen molar-refractivity contribution < 1.29 is 22.7 Å². The van der Waals surface area contributed by atoms with Gasteiger partial charge in [-0.25, -0.2) is 4.98 Å². The number of likely N-dealkylation sites (N-methyl/N-ethyl adjacent to an activating group) is 1. The van der Waals surface area contributed by atoms with E-state index in [0.717, 1.165) is 24.5 Å². The molecular weight excluding hydrogens is 479 g/mol. The summed E-state index contributed by atoms with van der Waals surface area (Å²) in [5.41, 5.74) is 0.919. The predicted molar refractivity (Wildman–Crippen MR) is 123 cm³/mol. The summed E-state index contributed by atoms with van der Waals surface area (Å²) >= 11 is 0. The smallest absolute Gasteiger partial charge is 0.376 e. The van der Waals surface area contributed by atoms with Crippen molar-refractivity contribution in [2.45, 2.75) is 50.7 Å². The second-order valence-electron chi connectivity index (χ2n) is 9.14. The molecule has 1 fully saturated rings. The van der Waals surface area contributed by atoms with Crippen LogP contribution < -0.4 is 15.5 Å². The maximum absolute atomic E-state index is 12.9. The van der Waals surface area contributed by atoms with E-state index < -0.39 is 23.5 Å². The molecule has 3 aromatic heterocycles. The summed E-state index contributed by atoms with van der Waals surface area (Å²) in [5, 5.41) is 13.9. The minimum absolute atomic E-state index is 0.139. The van der Waals surface area contributed by atoms with E-state index in [-0.39, 0.29) is 12.5 Å². The van der Waals surface area contributed by atoms with Gasteiger partial charge in [-0.15, -0.1) is 0 Å². The molecule has 0 saturated heterocycles. The first-order valence-corrected chi connectivity index (χ1v) is 11.3. The zero-order chi connectivity index (χ0) is 25.8. The van der Waals surface area contributed by atoms with Crippen LogP contribution in [-0.2, 0) is 35.8 Å². The number of ether oxygens (including phenoxy) is 1. The molecule has 1 amide bonds. The minimum Gasteiger partial charge on any atom is -0.376 e. The van der Waals surface area contributed by atoms with E-state index in [9.17, 15) is 18.0 Å². The number of fused-ring (bicyclic) bond motifs is 1. The molecule has 192 valence electrons. The molecule has 36 heavy (non-hydrogen) atoms. The number of hydrogen-bond donors (Lipinski definition) is 2. The third-order valence-electron chi connectivity index (χ3n) is 6.66. The molecule has 0 radical (unpaired) electrons. The fourth-order valence-corrected chi connectivity index (χ4v) is 4.56. The number of alkyl halides is 3. The lowest BCUT2D eigenvalue weighted by Gasteiger charge is -2.38. The highest BCUT2D eigenvalue weighted by atomic mass is 19.4. The summed E-state index contributed by atoms with van der Waals surface area (Å²) < 4.78 is 47.1. The number of carbonyl (C=O) groups excluding carboxylic acids is 1. The van der Waals surface area contributed by atoms with Gasteiger partial charge in [0.2, 0.25) is 11.9 Å². The topological polar surface area (TPSA) is 115 Å². The maximum atomic E-state index is 12.9. The first kappa shape index (κ1) is 24.0. The zero-order valence-electron chi connectivity index (χ0n) is 20.2. The van der Waals surface area contributed by atoms with Gasteiger partial charge in [-0.1, -0.05) is 0 Å². The molecule has 1 aliphatic heterocycles. The number of rotatable bonds is 7. The zero-order valence-corrected chi connectivity index (χ0v) is 20.2. The Balaban J connectivity index is 1.29. The first-order valence-electron chi connectivity index (χ1n) is 11.3. The average Bonchev–Trinajstić information content (AvgIpc) is 3.30. The van der Waals surface area contributed by atoms with Gasteiger partial charge in [0.25, 0.3) is 0 Å². The highest BCUT2D eigenvalue weighted by molar-refractivity contribution is 6.04. The Kier molecular flexibility index (Phi) is 5.65. The van der Waals surface area contributed by atoms with E-state index in [2.05, 4.69) is 30.8 Å². The number of amides is 1. The second-order valence-corrected chi connectivity index (χ2v) is 9.14. The van der Waals surface area contributed by atoms with Crippen LogP contribution in [0.15, 0.2) is 18.5 Å². The Morgan fingerprint density at radius 3 is 2.67 bits per heavy atom. The van der Waals surface area contributed by atoms with Crippen molar-refractivity contribution in [3.63, 3.8) is 0 Å². The summed E-state index contributed by atoms with van der Waals surface area (Å²) in [6, 6.07) is 0.529. The van der Waals surface area contributed by atoms with Crippen LogP contribution in [0.5, 0.6) is 0 Å². The molecule has 11 nitrogen and oxygen atoms in total. The molecule has 1 saturated carbocycles. The Bertz CT molecular complexity index is 1310. The molecule has 14 heteroatoms. The number of nitrogens with zero attached hydrogens (tertiary/aromatic N) is 7. The fraction of sp³-hybridized carbons (Fsp3) is 0.500. The van der Waals surface area contributed by atoms with Crippen molar-refractivity contribution >= 4 is 23.4 Å². The molecular formula is C22H26F3N9O2. The van der Waals surface area contributed by atoms with E-state index >= 15 is 0 Å². The number of anilines is 3. The largest absolute Gasteiger partial charge is 0.435 e. The predicted octanol–water partition coefficient (Wildman–Crippen LogP) is 2.33. The van der Waals surface area contributed by atoms with Gasteiger partial charge in [0.15, 0.2) is 11.5 Å². The van der Waals surface area contributed by atoms with Gasteiger partial charge in [0, 0.05) is 39.5 Å². The second kappa shape index (κ2) is 8.47. The summed E-state index contributed by atoms with van der Waals surface area (Å²) in [6.07, 6.45) is 0.461. The van der Waals surface area contributed by atoms with Crippen molar-refractivity contribution in [3.8, 4) is 0 Å². The van der Waals surface area contributed by atoms with Gasteiger partial charge in [0.1, 0.15) is 11.7 Å². The van der Waals surface area contributed by atoms with Crippen LogP contribution in [-0.4, -0.2) is 61.2 Å². The summed E-state index contributed by atoms with van der Waals surface area (Å²) in [6.45, 7) is 2.28. The number of aromatic nitrogens is 6. The highest BCUT2D eigenvalue weighted by Gasteiger charge is 2.57. The van der Waals surface area contributed by atoms with Crippen LogP contribution in [0.4, 0.5) is 30.6 Å². The van der Waals surface area contributed by atoms with Gasteiger partial charge in [-0.05, 0) is 25.8 Å². The van der Waals surface area contributed by atoms with E-state index in [1.54, 1.807) is 31.1 Å². The van der Waals surface area contributed by atoms with Crippen LogP contribution >= 0.6 is 0 Å². The molecule has 4 heterocycles. The van der Waals surface area contributed by atoms with E-state index in [0.29, 0.717) is 35.4 Å². The van der Waals surface area contributed by atoms with Gasteiger partial charge < -0.3 is 20.3 Å². The van der Waals surface area contributed by atoms with E-state index in [1.165, 1.54) is 11.7 Å². The molecule has 5 rings (SSSR count). The van der Waals surface area contributed by atoms with Crippen molar-refractivity contribution in [3.05, 3.63) is 41.1 Å². The molecule has 0 aromatic carbocycles. The molecule has 2 aliphatic rings. The molecule has 1 aliphatic carbocycles. The van der Waals surface area contributed by atoms with Crippen molar-refractivity contribution in [1.29, 1.82) is 0 Å². The quantitative estimate of drug-likeness (QED) is 0.503. The van der Waals surface area contributed by atoms with Crippen LogP contribution in [0, 0.1) is 6.92 Å². The molecule has 0 unspecified atom stereocenters. The lowest BCUT2D eigenvalue weighted by Crippen LogP contribution is -2.55. The normalized spacial score (nSPS) is 18.7. The summed E-state index contributed by atoms with van der Waals surface area (Å²) in [4.78, 5) is 23.7. The summed E-state index contributed by atoms with van der Waals surface area (Å²) in [7, 11) is 4.91. The van der Waals surface area contributed by atoms with Gasteiger partial charge >= 0.3 is 6.18 Å². The fourth-order valence-electron chi connectivity index (χ4n) is 4.56. The number of methoxy groups -OCH3 is 1. The highest BCUT2D eigenvalue weighted by Crippen LogP contribution is 2.47. The maximum Gasteiger partial charge on any atom is 0.435 e. The van der Waals surface area contributed by atoms with Crippen LogP contribution in [0.3, 0.4) is 0 Å². The average molecular weight is 506 g/mol. The minimum atomic E-state index is -4.50. The SMILES string of the molecule is COC1([C@H]2C(=O)Nc3c(C)nc(NCc4cnn(Cc5cc(C(F)(F)F)nn5C)c4)nc3N2C)CC1. The van der Waals surface area contributed by atoms with Crippen LogP contribution in [0.25, 0.3) is 0 Å². The first-order chi connectivity index (χ1) is 17.0. The molecule has 0 bridgehead atoms. The van der Waals surface area contributed by atoms with E-state index in [4.69, 9.17) is 4.74 Å².